The van der Waals surface area contributed by atoms with E-state index in [9.17, 15) is 14.7 Å². The van der Waals surface area contributed by atoms with Gasteiger partial charge in [0.2, 0.25) is 0 Å². The van der Waals surface area contributed by atoms with Gasteiger partial charge in [0.15, 0.2) is 0 Å². The molecule has 7 heteroatoms. The van der Waals surface area contributed by atoms with Crippen LogP contribution in [0.4, 0.5) is 4.79 Å². The molecule has 0 saturated heterocycles. The van der Waals surface area contributed by atoms with Crippen molar-refractivity contribution in [2.45, 2.75) is 32.1 Å². The lowest BCUT2D eigenvalue weighted by atomic mass is 10.1. The number of aliphatic hydroxyl groups is 1. The van der Waals surface area contributed by atoms with E-state index in [1.165, 1.54) is 0 Å². The number of esters is 1. The van der Waals surface area contributed by atoms with Crippen molar-refractivity contribution in [3.63, 3.8) is 0 Å². The van der Waals surface area contributed by atoms with Gasteiger partial charge in [0.05, 0.1) is 24.3 Å². The Bertz CT molecular complexity index is 736. The molecule has 27 heavy (non-hydrogen) atoms. The minimum Gasteiger partial charge on any atom is -0.462 e. The van der Waals surface area contributed by atoms with Crippen molar-refractivity contribution in [2.24, 2.45) is 0 Å². The first-order valence-corrected chi connectivity index (χ1v) is 8.91. The first-order chi connectivity index (χ1) is 13.0. The van der Waals surface area contributed by atoms with E-state index in [0.29, 0.717) is 10.6 Å². The third-order valence-corrected chi connectivity index (χ3v) is 4.11. The van der Waals surface area contributed by atoms with Crippen LogP contribution in [-0.4, -0.2) is 35.9 Å². The van der Waals surface area contributed by atoms with Crippen molar-refractivity contribution in [2.75, 3.05) is 6.61 Å². The minimum absolute atomic E-state index is 0.0215. The lowest BCUT2D eigenvalue weighted by Crippen LogP contribution is -2.41. The van der Waals surface area contributed by atoms with Crippen LogP contribution < -0.4 is 5.32 Å². The van der Waals surface area contributed by atoms with E-state index in [-0.39, 0.29) is 19.6 Å². The fraction of sp³-hybridized carbons (Fsp3) is 0.300. The van der Waals surface area contributed by atoms with Crippen LogP contribution >= 0.6 is 11.6 Å². The van der Waals surface area contributed by atoms with Crippen molar-refractivity contribution in [3.8, 4) is 0 Å². The lowest BCUT2D eigenvalue weighted by molar-refractivity contribution is 0.0389. The van der Waals surface area contributed by atoms with Gasteiger partial charge < -0.3 is 19.9 Å². The molecular weight excluding hydrogens is 370 g/mol. The van der Waals surface area contributed by atoms with Crippen LogP contribution in [-0.2, 0) is 16.1 Å². The van der Waals surface area contributed by atoms with Gasteiger partial charge in [-0.2, -0.15) is 0 Å². The highest BCUT2D eigenvalue weighted by atomic mass is 35.5. The van der Waals surface area contributed by atoms with Crippen molar-refractivity contribution < 1.29 is 24.2 Å². The number of alkyl carbamates (subject to hydrolysis) is 1. The molecule has 6 nitrogen and oxygen atoms in total. The van der Waals surface area contributed by atoms with E-state index in [1.54, 1.807) is 31.2 Å². The van der Waals surface area contributed by atoms with Crippen LogP contribution in [0.25, 0.3) is 0 Å². The number of nitrogens with one attached hydrogen (secondary N) is 1. The fourth-order valence-corrected chi connectivity index (χ4v) is 2.36. The lowest BCUT2D eigenvalue weighted by Gasteiger charge is -2.20. The number of rotatable bonds is 8. The number of hydrogen-bond acceptors (Lipinski definition) is 5. The van der Waals surface area contributed by atoms with E-state index >= 15 is 0 Å². The van der Waals surface area contributed by atoms with Crippen LogP contribution in [0, 0.1) is 0 Å². The van der Waals surface area contributed by atoms with Gasteiger partial charge in [0.25, 0.3) is 0 Å². The van der Waals surface area contributed by atoms with E-state index < -0.39 is 24.2 Å². The smallest absolute Gasteiger partial charge is 0.407 e. The van der Waals surface area contributed by atoms with Gasteiger partial charge >= 0.3 is 12.1 Å². The largest absolute Gasteiger partial charge is 0.462 e. The zero-order valence-electron chi connectivity index (χ0n) is 14.9. The van der Waals surface area contributed by atoms with Crippen molar-refractivity contribution >= 4 is 23.7 Å². The van der Waals surface area contributed by atoms with Gasteiger partial charge in [-0.1, -0.05) is 41.9 Å². The van der Waals surface area contributed by atoms with Gasteiger partial charge in [-0.05, 0) is 36.8 Å². The summed E-state index contributed by atoms with van der Waals surface area (Å²) < 4.78 is 10.2. The van der Waals surface area contributed by atoms with Crippen molar-refractivity contribution in [1.82, 2.24) is 5.32 Å². The Balaban J connectivity index is 1.67. The summed E-state index contributed by atoms with van der Waals surface area (Å²) in [4.78, 5) is 23.7. The van der Waals surface area contributed by atoms with Crippen molar-refractivity contribution in [3.05, 3.63) is 70.7 Å². The predicted octanol–water partition coefficient (Wildman–Crippen LogP) is 3.56. The molecule has 1 amide bonds. The second-order valence-corrected chi connectivity index (χ2v) is 6.43. The second-order valence-electron chi connectivity index (χ2n) is 5.99. The summed E-state index contributed by atoms with van der Waals surface area (Å²) in [7, 11) is 0. The summed E-state index contributed by atoms with van der Waals surface area (Å²) in [6.45, 7) is 1.82. The topological polar surface area (TPSA) is 84.9 Å². The zero-order chi connectivity index (χ0) is 19.6. The van der Waals surface area contributed by atoms with Gasteiger partial charge in [-0.15, -0.1) is 0 Å². The van der Waals surface area contributed by atoms with Gasteiger partial charge in [-0.25, -0.2) is 9.59 Å². The number of halogens is 1. The summed E-state index contributed by atoms with van der Waals surface area (Å²) in [5.74, 6) is -0.498. The Kier molecular flexibility index (Phi) is 8.10. The molecule has 0 heterocycles. The SMILES string of the molecule is CC(NC(=O)OCc1ccccc1)C(O)CCOC(=O)c1ccc(Cl)cc1. The number of hydrogen-bond donors (Lipinski definition) is 2. The Labute approximate surface area is 163 Å². The first-order valence-electron chi connectivity index (χ1n) is 8.53. The molecule has 0 aliphatic rings. The van der Waals surface area contributed by atoms with Crippen LogP contribution in [0.1, 0.15) is 29.3 Å². The van der Waals surface area contributed by atoms with Gasteiger partial charge in [0, 0.05) is 11.4 Å². The minimum atomic E-state index is -0.882. The standard InChI is InChI=1S/C20H22ClNO5/c1-14(22-20(25)27-13-15-5-3-2-4-6-15)18(23)11-12-26-19(24)16-7-9-17(21)10-8-16/h2-10,14,18,23H,11-13H2,1H3,(H,22,25). The molecule has 0 aliphatic heterocycles. The molecule has 2 unspecified atom stereocenters. The molecule has 0 radical (unpaired) electrons. The van der Waals surface area contributed by atoms with Crippen LogP contribution in [0.3, 0.4) is 0 Å². The molecule has 0 saturated carbocycles. The van der Waals surface area contributed by atoms with E-state index in [0.717, 1.165) is 5.56 Å². The summed E-state index contributed by atoms with van der Waals surface area (Å²) >= 11 is 5.77. The Morgan fingerprint density at radius 2 is 1.74 bits per heavy atom. The molecule has 0 aromatic heterocycles. The average Bonchev–Trinajstić information content (AvgIpc) is 2.67. The maximum atomic E-state index is 11.9. The number of carbonyl (C=O) groups excluding carboxylic acids is 2. The molecule has 2 rings (SSSR count). The number of benzene rings is 2. The fourth-order valence-electron chi connectivity index (χ4n) is 2.24. The number of amides is 1. The first kappa shape index (κ1) is 20.7. The molecule has 144 valence electrons. The maximum absolute atomic E-state index is 11.9. The van der Waals surface area contributed by atoms with Gasteiger partial charge in [-0.3, -0.25) is 0 Å². The van der Waals surface area contributed by atoms with E-state index in [1.807, 2.05) is 30.3 Å². The van der Waals surface area contributed by atoms with E-state index in [4.69, 9.17) is 21.1 Å². The van der Waals surface area contributed by atoms with Crippen LogP contribution in [0.2, 0.25) is 5.02 Å². The number of aliphatic hydroxyl groups excluding tert-OH is 1. The molecule has 2 aromatic carbocycles. The number of carbonyl (C=O) groups is 2. The third kappa shape index (κ3) is 7.29. The summed E-state index contributed by atoms with van der Waals surface area (Å²) in [6, 6.07) is 15.1. The van der Waals surface area contributed by atoms with Crippen LogP contribution in [0.15, 0.2) is 54.6 Å². The predicted molar refractivity (Wildman–Crippen MR) is 102 cm³/mol. The highest BCUT2D eigenvalue weighted by molar-refractivity contribution is 6.30. The maximum Gasteiger partial charge on any atom is 0.407 e. The highest BCUT2D eigenvalue weighted by Crippen LogP contribution is 2.11. The normalized spacial score (nSPS) is 12.7. The summed E-state index contributed by atoms with van der Waals surface area (Å²) in [6.07, 6.45) is -1.32. The molecule has 2 atom stereocenters. The quantitative estimate of drug-likeness (QED) is 0.672. The Morgan fingerprint density at radius 3 is 2.41 bits per heavy atom. The molecule has 0 bridgehead atoms. The second kappa shape index (κ2) is 10.5. The Morgan fingerprint density at radius 1 is 1.07 bits per heavy atom. The van der Waals surface area contributed by atoms with E-state index in [2.05, 4.69) is 5.32 Å². The summed E-state index contributed by atoms with van der Waals surface area (Å²) in [5, 5.41) is 13.2. The molecule has 0 fully saturated rings. The Hall–Kier alpha value is -2.57. The zero-order valence-corrected chi connectivity index (χ0v) is 15.7. The van der Waals surface area contributed by atoms with Crippen LogP contribution in [0.5, 0.6) is 0 Å². The molecule has 0 spiro atoms. The third-order valence-electron chi connectivity index (χ3n) is 3.86. The number of ether oxygens (including phenoxy) is 2. The average molecular weight is 392 g/mol. The molecule has 0 aliphatic carbocycles. The van der Waals surface area contributed by atoms with Crippen molar-refractivity contribution in [1.29, 1.82) is 0 Å². The molecule has 2 aromatic rings. The molecule has 2 N–H and O–H groups in total. The summed E-state index contributed by atoms with van der Waals surface area (Å²) in [5.41, 5.74) is 1.25. The monoisotopic (exact) mass is 391 g/mol. The highest BCUT2D eigenvalue weighted by Gasteiger charge is 2.18. The molecular formula is C20H22ClNO5. The van der Waals surface area contributed by atoms with Gasteiger partial charge in [0.1, 0.15) is 6.61 Å².